The lowest BCUT2D eigenvalue weighted by Gasteiger charge is -2.18. The zero-order chi connectivity index (χ0) is 15.6. The van der Waals surface area contributed by atoms with E-state index in [0.29, 0.717) is 30.1 Å². The van der Waals surface area contributed by atoms with Crippen molar-refractivity contribution in [1.29, 1.82) is 0 Å². The minimum Gasteiger partial charge on any atom is -0.377 e. The molecule has 21 heavy (non-hydrogen) atoms. The second-order valence-corrected chi connectivity index (χ2v) is 7.08. The lowest BCUT2D eigenvalue weighted by atomic mass is 10.1. The van der Waals surface area contributed by atoms with E-state index < -0.39 is 10.0 Å². The number of aryl methyl sites for hydroxylation is 1. The van der Waals surface area contributed by atoms with E-state index >= 15 is 0 Å². The number of nitrogens with two attached hydrogens (primary N) is 1. The van der Waals surface area contributed by atoms with Crippen LogP contribution in [0.4, 0.5) is 0 Å². The van der Waals surface area contributed by atoms with E-state index in [4.69, 9.17) is 15.2 Å². The van der Waals surface area contributed by atoms with Crippen molar-refractivity contribution in [2.45, 2.75) is 30.6 Å². The van der Waals surface area contributed by atoms with Crippen LogP contribution in [-0.4, -0.2) is 52.2 Å². The molecule has 1 heterocycles. The number of sulfonamides is 1. The summed E-state index contributed by atoms with van der Waals surface area (Å²) in [6.07, 6.45) is -0.495. The molecule has 1 saturated heterocycles. The highest BCUT2D eigenvalue weighted by atomic mass is 32.2. The molecule has 0 spiro atoms. The van der Waals surface area contributed by atoms with Crippen LogP contribution in [0.15, 0.2) is 23.1 Å². The Morgan fingerprint density at radius 2 is 1.81 bits per heavy atom. The summed E-state index contributed by atoms with van der Waals surface area (Å²) in [5.41, 5.74) is 7.11. The lowest BCUT2D eigenvalue weighted by Crippen LogP contribution is -2.30. The van der Waals surface area contributed by atoms with Gasteiger partial charge in [-0.2, -0.15) is 4.31 Å². The maximum absolute atomic E-state index is 12.8. The number of rotatable bonds is 5. The largest absolute Gasteiger partial charge is 0.377 e. The quantitative estimate of drug-likeness (QED) is 0.855. The predicted octanol–water partition coefficient (Wildman–Crippen LogP) is 0.488. The van der Waals surface area contributed by atoms with Crippen LogP contribution in [0.2, 0.25) is 0 Å². The zero-order valence-electron chi connectivity index (χ0n) is 12.6. The minimum atomic E-state index is -3.57. The highest BCUT2D eigenvalue weighted by molar-refractivity contribution is 7.89. The first-order valence-corrected chi connectivity index (χ1v) is 8.23. The molecule has 118 valence electrons. The molecule has 1 aliphatic heterocycles. The van der Waals surface area contributed by atoms with E-state index in [9.17, 15) is 8.42 Å². The molecule has 0 bridgehead atoms. The molecule has 0 saturated carbocycles. The third-order valence-electron chi connectivity index (χ3n) is 3.89. The van der Waals surface area contributed by atoms with E-state index in [1.54, 1.807) is 33.3 Å². The molecular weight excluding hydrogens is 292 g/mol. The van der Waals surface area contributed by atoms with Gasteiger partial charge in [-0.25, -0.2) is 8.42 Å². The summed E-state index contributed by atoms with van der Waals surface area (Å²) >= 11 is 0. The van der Waals surface area contributed by atoms with Crippen LogP contribution in [0.25, 0.3) is 0 Å². The third-order valence-corrected chi connectivity index (χ3v) is 5.87. The van der Waals surface area contributed by atoms with Crippen LogP contribution in [0.5, 0.6) is 0 Å². The highest BCUT2D eigenvalue weighted by Crippen LogP contribution is 2.26. The molecule has 2 atom stereocenters. The van der Waals surface area contributed by atoms with Crippen LogP contribution in [0, 0.1) is 6.92 Å². The molecule has 0 amide bonds. The molecule has 1 aromatic rings. The first-order valence-electron chi connectivity index (χ1n) is 6.79. The Hall–Kier alpha value is -0.990. The average molecular weight is 314 g/mol. The Morgan fingerprint density at radius 1 is 1.24 bits per heavy atom. The maximum atomic E-state index is 12.8. The van der Waals surface area contributed by atoms with Crippen molar-refractivity contribution in [1.82, 2.24) is 4.31 Å². The second-order valence-electron chi connectivity index (χ2n) is 5.17. The fourth-order valence-corrected chi connectivity index (χ4v) is 4.29. The Balaban J connectivity index is 2.35. The topological polar surface area (TPSA) is 81.9 Å². The Kier molecular flexibility index (Phi) is 5.00. The molecular formula is C14H22N2O4S. The molecule has 6 nitrogen and oxygen atoms in total. The molecule has 1 aromatic carbocycles. The summed E-state index contributed by atoms with van der Waals surface area (Å²) in [5, 5.41) is 0. The Labute approximate surface area is 125 Å². The van der Waals surface area contributed by atoms with Crippen molar-refractivity contribution >= 4 is 10.0 Å². The van der Waals surface area contributed by atoms with Crippen molar-refractivity contribution in [2.24, 2.45) is 5.73 Å². The number of methoxy groups -OCH3 is 2. The molecule has 1 aliphatic rings. The van der Waals surface area contributed by atoms with Crippen LogP contribution in [0.1, 0.15) is 11.1 Å². The van der Waals surface area contributed by atoms with Crippen molar-refractivity contribution < 1.29 is 17.9 Å². The van der Waals surface area contributed by atoms with E-state index in [1.807, 2.05) is 6.07 Å². The molecule has 2 rings (SSSR count). The number of hydrogen-bond acceptors (Lipinski definition) is 5. The van der Waals surface area contributed by atoms with Crippen molar-refractivity contribution in [3.63, 3.8) is 0 Å². The van der Waals surface area contributed by atoms with E-state index in [-0.39, 0.29) is 12.2 Å². The molecule has 0 radical (unpaired) electrons. The second kappa shape index (κ2) is 6.41. The summed E-state index contributed by atoms with van der Waals surface area (Å²) in [7, 11) is -0.445. The number of hydrogen-bond donors (Lipinski definition) is 1. The van der Waals surface area contributed by atoms with E-state index in [2.05, 4.69) is 0 Å². The minimum absolute atomic E-state index is 0.247. The molecule has 1 fully saturated rings. The van der Waals surface area contributed by atoms with E-state index in [0.717, 1.165) is 5.56 Å². The molecule has 2 N–H and O–H groups in total. The molecule has 7 heteroatoms. The molecule has 0 aromatic heterocycles. The Bertz CT molecular complexity index is 591. The van der Waals surface area contributed by atoms with Gasteiger partial charge in [0.1, 0.15) is 0 Å². The van der Waals surface area contributed by atoms with Gasteiger partial charge >= 0.3 is 0 Å². The van der Waals surface area contributed by atoms with Gasteiger partial charge in [-0.05, 0) is 24.1 Å². The summed E-state index contributed by atoms with van der Waals surface area (Å²) in [4.78, 5) is 0.303. The van der Waals surface area contributed by atoms with Crippen LogP contribution in [0.3, 0.4) is 0 Å². The van der Waals surface area contributed by atoms with Crippen LogP contribution < -0.4 is 5.73 Å². The predicted molar refractivity (Wildman–Crippen MR) is 79.4 cm³/mol. The normalized spacial score (nSPS) is 23.6. The number of benzene rings is 1. The molecule has 0 aliphatic carbocycles. The standard InChI is InChI=1S/C14H22N2O4S/c1-10-4-5-11(7-15)6-14(10)21(17,18)16-8-12(19-2)13(9-16)20-3/h4-6,12-13H,7-9,15H2,1-3H3. The van der Waals surface area contributed by atoms with Gasteiger partial charge in [0.05, 0.1) is 17.1 Å². The van der Waals surface area contributed by atoms with Gasteiger partial charge in [0.2, 0.25) is 10.0 Å². The molecule has 2 unspecified atom stereocenters. The SMILES string of the molecule is COC1CN(S(=O)(=O)c2cc(CN)ccc2C)CC1OC. The van der Waals surface area contributed by atoms with Crippen LogP contribution in [-0.2, 0) is 26.0 Å². The van der Waals surface area contributed by atoms with Crippen molar-refractivity contribution in [3.8, 4) is 0 Å². The first kappa shape index (κ1) is 16.4. The number of ether oxygens (including phenoxy) is 2. The summed E-state index contributed by atoms with van der Waals surface area (Å²) in [6, 6.07) is 5.27. The number of nitrogens with zero attached hydrogens (tertiary/aromatic N) is 1. The van der Waals surface area contributed by atoms with Gasteiger partial charge < -0.3 is 15.2 Å². The van der Waals surface area contributed by atoms with Gasteiger partial charge in [-0.1, -0.05) is 12.1 Å². The summed E-state index contributed by atoms with van der Waals surface area (Å²) in [5.74, 6) is 0. The highest BCUT2D eigenvalue weighted by Gasteiger charge is 2.40. The zero-order valence-corrected chi connectivity index (χ0v) is 13.4. The van der Waals surface area contributed by atoms with Gasteiger partial charge in [-0.15, -0.1) is 0 Å². The average Bonchev–Trinajstić information content (AvgIpc) is 2.91. The van der Waals surface area contributed by atoms with Gasteiger partial charge in [0.15, 0.2) is 0 Å². The van der Waals surface area contributed by atoms with Crippen molar-refractivity contribution in [3.05, 3.63) is 29.3 Å². The summed E-state index contributed by atoms with van der Waals surface area (Å²) < 4.78 is 37.7. The first-order chi connectivity index (χ1) is 9.93. The van der Waals surface area contributed by atoms with Crippen molar-refractivity contribution in [2.75, 3.05) is 27.3 Å². The lowest BCUT2D eigenvalue weighted by molar-refractivity contribution is -0.00461. The van der Waals surface area contributed by atoms with Crippen LogP contribution >= 0.6 is 0 Å². The van der Waals surface area contributed by atoms with Gasteiger partial charge in [0, 0.05) is 33.9 Å². The smallest absolute Gasteiger partial charge is 0.243 e. The van der Waals surface area contributed by atoms with E-state index in [1.165, 1.54) is 4.31 Å². The summed E-state index contributed by atoms with van der Waals surface area (Å²) in [6.45, 7) is 2.68. The fourth-order valence-electron chi connectivity index (χ4n) is 2.55. The third kappa shape index (κ3) is 3.12. The van der Waals surface area contributed by atoms with Gasteiger partial charge in [-0.3, -0.25) is 0 Å². The fraction of sp³-hybridized carbons (Fsp3) is 0.571. The van der Waals surface area contributed by atoms with Gasteiger partial charge in [0.25, 0.3) is 0 Å². The Morgan fingerprint density at radius 3 is 2.29 bits per heavy atom. The monoisotopic (exact) mass is 314 g/mol. The maximum Gasteiger partial charge on any atom is 0.243 e.